The van der Waals surface area contributed by atoms with E-state index in [1.54, 1.807) is 19.2 Å². The van der Waals surface area contributed by atoms with E-state index in [0.717, 1.165) is 5.56 Å². The second-order valence-electron chi connectivity index (χ2n) is 5.80. The molecule has 0 heterocycles. The van der Waals surface area contributed by atoms with Crippen molar-refractivity contribution in [3.63, 3.8) is 0 Å². The van der Waals surface area contributed by atoms with E-state index in [1.807, 2.05) is 25.8 Å². The lowest BCUT2D eigenvalue weighted by atomic mass is 10.2. The van der Waals surface area contributed by atoms with Crippen LogP contribution in [0.3, 0.4) is 0 Å². The van der Waals surface area contributed by atoms with Crippen LogP contribution in [-0.2, 0) is 11.3 Å². The van der Waals surface area contributed by atoms with Crippen LogP contribution in [0.15, 0.2) is 29.3 Å². The van der Waals surface area contributed by atoms with Crippen molar-refractivity contribution in [3.05, 3.63) is 29.8 Å². The Hall–Kier alpha value is -2.38. The van der Waals surface area contributed by atoms with Crippen molar-refractivity contribution in [2.45, 2.75) is 27.0 Å². The summed E-state index contributed by atoms with van der Waals surface area (Å²) in [6.45, 7) is 2.46. The molecule has 0 atom stereocenters. The van der Waals surface area contributed by atoms with Crippen molar-refractivity contribution in [1.29, 1.82) is 0 Å². The predicted octanol–water partition coefficient (Wildman–Crippen LogP) is 2.07. The van der Waals surface area contributed by atoms with E-state index < -0.39 is 6.61 Å². The fourth-order valence-corrected chi connectivity index (χ4v) is 2.07. The molecule has 0 spiro atoms. The average molecular weight is 356 g/mol. The van der Waals surface area contributed by atoms with E-state index in [0.29, 0.717) is 25.6 Å². The summed E-state index contributed by atoms with van der Waals surface area (Å²) in [7, 11) is 3.54. The number of amides is 1. The zero-order valence-electron chi connectivity index (χ0n) is 15.1. The number of ether oxygens (including phenoxy) is 1. The first-order valence-corrected chi connectivity index (χ1v) is 8.06. The van der Waals surface area contributed by atoms with Gasteiger partial charge in [-0.15, -0.1) is 0 Å². The molecule has 0 aromatic heterocycles. The lowest BCUT2D eigenvalue weighted by Crippen LogP contribution is -2.42. The average Bonchev–Trinajstić information content (AvgIpc) is 2.55. The number of halogens is 2. The maximum Gasteiger partial charge on any atom is 0.387 e. The van der Waals surface area contributed by atoms with Gasteiger partial charge in [0.05, 0.1) is 0 Å². The molecule has 0 saturated heterocycles. The lowest BCUT2D eigenvalue weighted by molar-refractivity contribution is -0.123. The van der Waals surface area contributed by atoms with Crippen molar-refractivity contribution in [2.24, 2.45) is 10.9 Å². The Bertz CT molecular complexity index is 562. The number of hydrogen-bond acceptors (Lipinski definition) is 3. The van der Waals surface area contributed by atoms with Crippen LogP contribution in [0.1, 0.15) is 19.4 Å². The number of carbonyl (C=O) groups is 1. The van der Waals surface area contributed by atoms with Gasteiger partial charge in [-0.1, -0.05) is 26.0 Å². The van der Waals surface area contributed by atoms with Crippen molar-refractivity contribution in [1.82, 2.24) is 15.5 Å². The molecule has 1 amide bonds. The molecule has 8 heteroatoms. The minimum absolute atomic E-state index is 0.0104. The summed E-state index contributed by atoms with van der Waals surface area (Å²) in [6, 6.07) is 6.47. The molecular formula is C17H26F2N4O2. The van der Waals surface area contributed by atoms with Crippen LogP contribution in [0.5, 0.6) is 5.75 Å². The van der Waals surface area contributed by atoms with Crippen LogP contribution >= 0.6 is 0 Å². The van der Waals surface area contributed by atoms with E-state index in [-0.39, 0.29) is 17.6 Å². The van der Waals surface area contributed by atoms with Crippen molar-refractivity contribution < 1.29 is 18.3 Å². The number of aliphatic imine (C=N–C) groups is 1. The number of rotatable bonds is 8. The third kappa shape index (κ3) is 7.82. The number of nitrogens with one attached hydrogen (secondary N) is 2. The summed E-state index contributed by atoms with van der Waals surface area (Å²) in [5.41, 5.74) is 0.931. The third-order valence-corrected chi connectivity index (χ3v) is 3.37. The summed E-state index contributed by atoms with van der Waals surface area (Å²) in [5, 5.41) is 5.98. The molecule has 0 saturated carbocycles. The van der Waals surface area contributed by atoms with Crippen LogP contribution in [0.2, 0.25) is 0 Å². The smallest absolute Gasteiger partial charge is 0.387 e. The maximum absolute atomic E-state index is 12.1. The second-order valence-corrected chi connectivity index (χ2v) is 5.80. The Kier molecular flexibility index (Phi) is 8.66. The maximum atomic E-state index is 12.1. The summed E-state index contributed by atoms with van der Waals surface area (Å²) in [6.07, 6.45) is 0. The molecule has 1 aromatic rings. The number of nitrogens with zero attached hydrogens (tertiary/aromatic N) is 2. The van der Waals surface area contributed by atoms with Gasteiger partial charge in [-0.3, -0.25) is 9.79 Å². The Balaban J connectivity index is 2.45. The first-order valence-electron chi connectivity index (χ1n) is 8.06. The molecular weight excluding hydrogens is 330 g/mol. The molecule has 0 radical (unpaired) electrons. The molecule has 1 rings (SSSR count). The van der Waals surface area contributed by atoms with E-state index in [2.05, 4.69) is 20.4 Å². The molecule has 0 unspecified atom stereocenters. The lowest BCUT2D eigenvalue weighted by Gasteiger charge is -2.22. The summed E-state index contributed by atoms with van der Waals surface area (Å²) in [5.74, 6) is 0.770. The van der Waals surface area contributed by atoms with Crippen molar-refractivity contribution >= 4 is 11.9 Å². The largest absolute Gasteiger partial charge is 0.435 e. The predicted molar refractivity (Wildman–Crippen MR) is 93.8 cm³/mol. The fraction of sp³-hybridized carbons (Fsp3) is 0.529. The first-order chi connectivity index (χ1) is 11.8. The highest BCUT2D eigenvalue weighted by Gasteiger charge is 2.09. The number of benzene rings is 1. The van der Waals surface area contributed by atoms with Gasteiger partial charge >= 0.3 is 6.61 Å². The molecule has 2 N–H and O–H groups in total. The molecule has 0 aliphatic heterocycles. The number of carbonyl (C=O) groups excluding carboxylic acids is 1. The SMILES string of the molecule is CN=C(NCCNC(=O)C(C)C)N(C)Cc1ccc(OC(F)F)cc1. The van der Waals surface area contributed by atoms with Crippen LogP contribution in [0.4, 0.5) is 8.78 Å². The molecule has 0 aliphatic carbocycles. The molecule has 140 valence electrons. The van der Waals surface area contributed by atoms with E-state index in [9.17, 15) is 13.6 Å². The van der Waals surface area contributed by atoms with Gasteiger partial charge in [0, 0.05) is 39.6 Å². The number of guanidine groups is 1. The van der Waals surface area contributed by atoms with Crippen molar-refractivity contribution in [3.8, 4) is 5.75 Å². The number of hydrogen-bond donors (Lipinski definition) is 2. The summed E-state index contributed by atoms with van der Waals surface area (Å²) >= 11 is 0. The third-order valence-electron chi connectivity index (χ3n) is 3.37. The Labute approximate surface area is 147 Å². The van der Waals surface area contributed by atoms with Gasteiger partial charge in [0.25, 0.3) is 0 Å². The molecule has 0 fully saturated rings. The molecule has 1 aromatic carbocycles. The summed E-state index contributed by atoms with van der Waals surface area (Å²) < 4.78 is 28.6. The van der Waals surface area contributed by atoms with Gasteiger partial charge in [0.1, 0.15) is 5.75 Å². The van der Waals surface area contributed by atoms with Crippen LogP contribution in [0, 0.1) is 5.92 Å². The Morgan fingerprint density at radius 1 is 1.20 bits per heavy atom. The fourth-order valence-electron chi connectivity index (χ4n) is 2.07. The highest BCUT2D eigenvalue weighted by molar-refractivity contribution is 5.80. The molecule has 25 heavy (non-hydrogen) atoms. The van der Waals surface area contributed by atoms with E-state index in [1.165, 1.54) is 12.1 Å². The van der Waals surface area contributed by atoms with Crippen LogP contribution in [-0.4, -0.2) is 50.6 Å². The van der Waals surface area contributed by atoms with Gasteiger partial charge in [0.2, 0.25) is 5.91 Å². The minimum atomic E-state index is -2.83. The van der Waals surface area contributed by atoms with Crippen molar-refractivity contribution in [2.75, 3.05) is 27.2 Å². The zero-order chi connectivity index (χ0) is 18.8. The van der Waals surface area contributed by atoms with Gasteiger partial charge in [-0.05, 0) is 17.7 Å². The number of alkyl halides is 2. The Morgan fingerprint density at radius 2 is 1.80 bits per heavy atom. The zero-order valence-corrected chi connectivity index (χ0v) is 15.1. The van der Waals surface area contributed by atoms with Gasteiger partial charge in [-0.2, -0.15) is 8.78 Å². The van der Waals surface area contributed by atoms with E-state index >= 15 is 0 Å². The second kappa shape index (κ2) is 10.5. The summed E-state index contributed by atoms with van der Waals surface area (Å²) in [4.78, 5) is 17.6. The molecule has 0 aliphatic rings. The molecule has 6 nitrogen and oxygen atoms in total. The Morgan fingerprint density at radius 3 is 2.32 bits per heavy atom. The van der Waals surface area contributed by atoms with Gasteiger partial charge < -0.3 is 20.3 Å². The highest BCUT2D eigenvalue weighted by Crippen LogP contribution is 2.15. The monoisotopic (exact) mass is 356 g/mol. The van der Waals surface area contributed by atoms with Gasteiger partial charge in [0.15, 0.2) is 5.96 Å². The minimum Gasteiger partial charge on any atom is -0.435 e. The van der Waals surface area contributed by atoms with Crippen LogP contribution in [0.25, 0.3) is 0 Å². The van der Waals surface area contributed by atoms with Crippen LogP contribution < -0.4 is 15.4 Å². The first kappa shape index (κ1) is 20.7. The standard InChI is InChI=1S/C17H26F2N4O2/c1-12(2)15(24)21-9-10-22-17(20-3)23(4)11-13-5-7-14(8-6-13)25-16(18)19/h5-8,12,16H,9-11H2,1-4H3,(H,20,22)(H,21,24). The topological polar surface area (TPSA) is 66.0 Å². The highest BCUT2D eigenvalue weighted by atomic mass is 19.3. The quantitative estimate of drug-likeness (QED) is 0.425. The van der Waals surface area contributed by atoms with E-state index in [4.69, 9.17) is 0 Å². The van der Waals surface area contributed by atoms with Gasteiger partial charge in [-0.25, -0.2) is 0 Å². The molecule has 0 bridgehead atoms. The normalized spacial score (nSPS) is 11.6.